The monoisotopic (exact) mass is 416 g/mol. The molecule has 5 rings (SSSR count). The van der Waals surface area contributed by atoms with Crippen molar-refractivity contribution in [3.05, 3.63) is 70.9 Å². The molecule has 0 aliphatic heterocycles. The molecular weight excluding hydrogens is 392 g/mol. The number of carbonyl (C=O) groups excluding carboxylic acids is 1. The van der Waals surface area contributed by atoms with Crippen molar-refractivity contribution in [3.8, 4) is 5.13 Å². The fourth-order valence-corrected chi connectivity index (χ4v) is 5.05. The molecule has 0 radical (unpaired) electrons. The summed E-state index contributed by atoms with van der Waals surface area (Å²) in [7, 11) is 0. The molecule has 0 unspecified atom stereocenters. The number of hydrogen-bond donors (Lipinski definition) is 1. The molecular formula is C24H24N4OS. The number of rotatable bonds is 5. The molecule has 0 bridgehead atoms. The van der Waals surface area contributed by atoms with Crippen molar-refractivity contribution in [1.82, 2.24) is 14.8 Å². The summed E-state index contributed by atoms with van der Waals surface area (Å²) in [6, 6.07) is 16.5. The zero-order chi connectivity index (χ0) is 20.5. The largest absolute Gasteiger partial charge is 0.310 e. The molecule has 0 fully saturated rings. The van der Waals surface area contributed by atoms with E-state index in [0.717, 1.165) is 34.7 Å². The number of aromatic nitrogens is 3. The lowest BCUT2D eigenvalue weighted by atomic mass is 9.92. The highest BCUT2D eigenvalue weighted by atomic mass is 32.1. The van der Waals surface area contributed by atoms with Crippen LogP contribution in [-0.4, -0.2) is 20.7 Å². The van der Waals surface area contributed by atoms with Crippen molar-refractivity contribution in [2.45, 2.75) is 45.4 Å². The molecule has 2 aromatic heterocycles. The number of aryl methyl sites for hydroxylation is 4. The standard InChI is InChI=1S/C24H24N4OS/c1-16-13-22(26-23(29)12-11-17-7-3-2-4-8-17)28(27-16)24-25-20-14-18-9-5-6-10-19(18)15-21(20)30-24/h2-4,7-8,13-15H,5-6,9-12H2,1H3,(H,26,29). The summed E-state index contributed by atoms with van der Waals surface area (Å²) in [4.78, 5) is 17.4. The molecule has 0 saturated heterocycles. The smallest absolute Gasteiger partial charge is 0.225 e. The van der Waals surface area contributed by atoms with Crippen LogP contribution in [0.5, 0.6) is 0 Å². The Bertz CT molecular complexity index is 1170. The number of fused-ring (bicyclic) bond motifs is 2. The van der Waals surface area contributed by atoms with Gasteiger partial charge in [0.05, 0.1) is 15.9 Å². The van der Waals surface area contributed by atoms with Crippen LogP contribution in [0.1, 0.15) is 41.6 Å². The van der Waals surface area contributed by atoms with Crippen molar-refractivity contribution in [2.24, 2.45) is 0 Å². The Morgan fingerprint density at radius 3 is 2.67 bits per heavy atom. The minimum atomic E-state index is -0.0171. The first-order valence-corrected chi connectivity index (χ1v) is 11.3. The van der Waals surface area contributed by atoms with Crippen LogP contribution in [0.3, 0.4) is 0 Å². The topological polar surface area (TPSA) is 59.8 Å². The molecule has 5 nitrogen and oxygen atoms in total. The van der Waals surface area contributed by atoms with Gasteiger partial charge in [0.2, 0.25) is 11.0 Å². The van der Waals surface area contributed by atoms with E-state index in [0.29, 0.717) is 18.7 Å². The van der Waals surface area contributed by atoms with Crippen LogP contribution in [0.15, 0.2) is 48.5 Å². The fraction of sp³-hybridized carbons (Fsp3) is 0.292. The summed E-state index contributed by atoms with van der Waals surface area (Å²) >= 11 is 1.63. The molecule has 0 saturated carbocycles. The maximum atomic E-state index is 12.6. The van der Waals surface area contributed by atoms with Crippen LogP contribution in [0, 0.1) is 6.92 Å². The Morgan fingerprint density at radius 1 is 1.10 bits per heavy atom. The summed E-state index contributed by atoms with van der Waals surface area (Å²) in [5.41, 5.74) is 5.91. The van der Waals surface area contributed by atoms with E-state index in [4.69, 9.17) is 4.98 Å². The lowest BCUT2D eigenvalue weighted by molar-refractivity contribution is -0.116. The lowest BCUT2D eigenvalue weighted by Gasteiger charge is -2.14. The average molecular weight is 417 g/mol. The predicted octanol–water partition coefficient (Wildman–Crippen LogP) is 5.24. The number of hydrogen-bond acceptors (Lipinski definition) is 4. The van der Waals surface area contributed by atoms with Crippen LogP contribution in [0.4, 0.5) is 5.82 Å². The second-order valence-corrected chi connectivity index (χ2v) is 8.92. The van der Waals surface area contributed by atoms with Gasteiger partial charge in [-0.05, 0) is 67.9 Å². The molecule has 2 aromatic carbocycles. The highest BCUT2D eigenvalue weighted by Crippen LogP contribution is 2.32. The number of thiazole rings is 1. The minimum Gasteiger partial charge on any atom is -0.310 e. The normalized spacial score (nSPS) is 13.4. The van der Waals surface area contributed by atoms with Crippen LogP contribution in [0.2, 0.25) is 0 Å². The molecule has 0 atom stereocenters. The Balaban J connectivity index is 1.38. The molecule has 1 aliphatic carbocycles. The summed E-state index contributed by atoms with van der Waals surface area (Å²) in [5.74, 6) is 0.658. The molecule has 4 aromatic rings. The van der Waals surface area contributed by atoms with Crippen LogP contribution < -0.4 is 5.32 Å². The number of benzene rings is 2. The second kappa shape index (κ2) is 8.03. The zero-order valence-electron chi connectivity index (χ0n) is 17.0. The average Bonchev–Trinajstić information content (AvgIpc) is 3.33. The maximum Gasteiger partial charge on any atom is 0.225 e. The van der Waals surface area contributed by atoms with Crippen molar-refractivity contribution >= 4 is 33.3 Å². The SMILES string of the molecule is Cc1cc(NC(=O)CCc2ccccc2)n(-c2nc3cc4c(cc3s2)CCCC4)n1. The van der Waals surface area contributed by atoms with Crippen molar-refractivity contribution in [3.63, 3.8) is 0 Å². The van der Waals surface area contributed by atoms with Gasteiger partial charge >= 0.3 is 0 Å². The molecule has 2 heterocycles. The number of amides is 1. The summed E-state index contributed by atoms with van der Waals surface area (Å²) in [5, 5.41) is 8.41. The maximum absolute atomic E-state index is 12.6. The van der Waals surface area contributed by atoms with E-state index < -0.39 is 0 Å². The minimum absolute atomic E-state index is 0.0171. The number of carbonyl (C=O) groups is 1. The first-order chi connectivity index (χ1) is 14.7. The van der Waals surface area contributed by atoms with E-state index in [1.165, 1.54) is 28.7 Å². The van der Waals surface area contributed by atoms with Crippen LogP contribution in [-0.2, 0) is 24.1 Å². The van der Waals surface area contributed by atoms with Gasteiger partial charge in [0.15, 0.2) is 0 Å². The van der Waals surface area contributed by atoms with Gasteiger partial charge < -0.3 is 5.32 Å². The number of nitrogens with zero attached hydrogens (tertiary/aromatic N) is 3. The van der Waals surface area contributed by atoms with Crippen molar-refractivity contribution in [1.29, 1.82) is 0 Å². The lowest BCUT2D eigenvalue weighted by Crippen LogP contribution is -2.15. The van der Waals surface area contributed by atoms with E-state index in [1.807, 2.05) is 43.3 Å². The third-order valence-corrected chi connectivity index (χ3v) is 6.60. The molecule has 152 valence electrons. The Kier molecular flexibility index (Phi) is 5.09. The first kappa shape index (κ1) is 19.0. The summed E-state index contributed by atoms with van der Waals surface area (Å²) in [6.07, 6.45) is 5.96. The van der Waals surface area contributed by atoms with E-state index in [1.54, 1.807) is 16.0 Å². The van der Waals surface area contributed by atoms with Gasteiger partial charge in [-0.2, -0.15) is 9.78 Å². The molecule has 30 heavy (non-hydrogen) atoms. The van der Waals surface area contributed by atoms with E-state index >= 15 is 0 Å². The molecule has 0 spiro atoms. The van der Waals surface area contributed by atoms with E-state index in [-0.39, 0.29) is 5.91 Å². The summed E-state index contributed by atoms with van der Waals surface area (Å²) in [6.45, 7) is 1.93. The van der Waals surface area contributed by atoms with Gasteiger partial charge in [0.25, 0.3) is 0 Å². The Morgan fingerprint density at radius 2 is 1.87 bits per heavy atom. The highest BCUT2D eigenvalue weighted by molar-refractivity contribution is 7.20. The second-order valence-electron chi connectivity index (χ2n) is 7.91. The Labute approximate surface area is 179 Å². The number of anilines is 1. The molecule has 6 heteroatoms. The van der Waals surface area contributed by atoms with E-state index in [9.17, 15) is 4.79 Å². The fourth-order valence-electron chi connectivity index (χ4n) is 4.08. The van der Waals surface area contributed by atoms with Gasteiger partial charge in [-0.25, -0.2) is 4.98 Å². The van der Waals surface area contributed by atoms with Gasteiger partial charge in [0, 0.05) is 12.5 Å². The third-order valence-electron chi connectivity index (χ3n) is 5.60. The predicted molar refractivity (Wildman–Crippen MR) is 122 cm³/mol. The van der Waals surface area contributed by atoms with Crippen molar-refractivity contribution in [2.75, 3.05) is 5.32 Å². The zero-order valence-corrected chi connectivity index (χ0v) is 17.8. The molecule has 1 N–H and O–H groups in total. The Hall–Kier alpha value is -2.99. The van der Waals surface area contributed by atoms with E-state index in [2.05, 4.69) is 22.5 Å². The first-order valence-electron chi connectivity index (χ1n) is 10.5. The van der Waals surface area contributed by atoms with Crippen LogP contribution >= 0.6 is 11.3 Å². The van der Waals surface area contributed by atoms with Gasteiger partial charge in [-0.3, -0.25) is 4.79 Å². The van der Waals surface area contributed by atoms with Gasteiger partial charge in [-0.15, -0.1) is 0 Å². The van der Waals surface area contributed by atoms with Crippen molar-refractivity contribution < 1.29 is 4.79 Å². The summed E-state index contributed by atoms with van der Waals surface area (Å²) < 4.78 is 2.94. The van der Waals surface area contributed by atoms with Gasteiger partial charge in [0.1, 0.15) is 5.82 Å². The molecule has 1 amide bonds. The quantitative estimate of drug-likeness (QED) is 0.484. The highest BCUT2D eigenvalue weighted by Gasteiger charge is 2.17. The number of nitrogens with one attached hydrogen (secondary N) is 1. The van der Waals surface area contributed by atoms with Crippen LogP contribution in [0.25, 0.3) is 15.3 Å². The van der Waals surface area contributed by atoms with Gasteiger partial charge in [-0.1, -0.05) is 41.7 Å². The third kappa shape index (κ3) is 3.87. The molecule has 1 aliphatic rings.